The molecule has 0 aliphatic rings. The van der Waals surface area contributed by atoms with Gasteiger partial charge in [0.25, 0.3) is 0 Å². The van der Waals surface area contributed by atoms with Crippen molar-refractivity contribution in [3.8, 4) is 5.75 Å². The molecule has 0 aliphatic heterocycles. The molecule has 4 heteroatoms. The van der Waals surface area contributed by atoms with Crippen molar-refractivity contribution in [1.29, 1.82) is 0 Å². The Balaban J connectivity index is 2.43. The number of nitrogens with zero attached hydrogens (tertiary/aromatic N) is 1. The Morgan fingerprint density at radius 2 is 1.83 bits per heavy atom. The van der Waals surface area contributed by atoms with E-state index >= 15 is 0 Å². The van der Waals surface area contributed by atoms with E-state index in [1.165, 1.54) is 6.92 Å². The Bertz CT molecular complexity index is 412. The maximum Gasteiger partial charge on any atom is 0.229 e. The van der Waals surface area contributed by atoms with Gasteiger partial charge in [0.1, 0.15) is 11.5 Å². The number of ketones is 1. The predicted octanol–water partition coefficient (Wildman–Crippen LogP) is 1.68. The predicted molar refractivity (Wildman–Crippen MR) is 69.6 cm³/mol. The summed E-state index contributed by atoms with van der Waals surface area (Å²) >= 11 is 0. The Hall–Kier alpha value is -1.84. The number of benzene rings is 1. The second-order valence-electron chi connectivity index (χ2n) is 4.29. The molecule has 0 saturated carbocycles. The van der Waals surface area contributed by atoms with Crippen LogP contribution >= 0.6 is 0 Å². The number of hydrogen-bond donors (Lipinski definition) is 0. The second kappa shape index (κ2) is 6.79. The Labute approximate surface area is 108 Å². The van der Waals surface area contributed by atoms with Crippen molar-refractivity contribution in [3.05, 3.63) is 29.8 Å². The maximum absolute atomic E-state index is 11.6. The normalized spacial score (nSPS) is 9.94. The zero-order valence-electron chi connectivity index (χ0n) is 11.1. The highest BCUT2D eigenvalue weighted by atomic mass is 16.5. The molecule has 0 saturated heterocycles. The molecule has 4 nitrogen and oxygen atoms in total. The van der Waals surface area contributed by atoms with Crippen LogP contribution in [0.2, 0.25) is 0 Å². The molecular formula is C14H19NO3. The van der Waals surface area contributed by atoms with E-state index < -0.39 is 0 Å². The van der Waals surface area contributed by atoms with Crippen LogP contribution in [0.1, 0.15) is 18.9 Å². The molecule has 0 unspecified atom stereocenters. The molecule has 1 aromatic carbocycles. The van der Waals surface area contributed by atoms with Crippen LogP contribution in [0.25, 0.3) is 0 Å². The third-order valence-electron chi connectivity index (χ3n) is 2.72. The third kappa shape index (κ3) is 4.57. The lowest BCUT2D eigenvalue weighted by molar-refractivity contribution is -0.133. The van der Waals surface area contributed by atoms with E-state index in [4.69, 9.17) is 4.74 Å². The van der Waals surface area contributed by atoms with Gasteiger partial charge in [-0.25, -0.2) is 0 Å². The molecular weight excluding hydrogens is 230 g/mol. The van der Waals surface area contributed by atoms with Gasteiger partial charge in [-0.15, -0.1) is 0 Å². The zero-order valence-corrected chi connectivity index (χ0v) is 11.1. The standard InChI is InChI=1S/C14H19NO3/c1-11(16)10-14(17)15(2)9-8-12-4-6-13(18-3)7-5-12/h4-7H,8-10H2,1-3H3. The van der Waals surface area contributed by atoms with E-state index in [0.717, 1.165) is 17.7 Å². The van der Waals surface area contributed by atoms with E-state index in [-0.39, 0.29) is 18.1 Å². The summed E-state index contributed by atoms with van der Waals surface area (Å²) in [6.45, 7) is 2.04. The summed E-state index contributed by atoms with van der Waals surface area (Å²) < 4.78 is 5.07. The maximum atomic E-state index is 11.6. The molecule has 0 fully saturated rings. The van der Waals surface area contributed by atoms with Gasteiger partial charge in [0.05, 0.1) is 13.5 Å². The minimum Gasteiger partial charge on any atom is -0.497 e. The largest absolute Gasteiger partial charge is 0.497 e. The number of rotatable bonds is 6. The fourth-order valence-corrected chi connectivity index (χ4v) is 1.56. The first-order valence-electron chi connectivity index (χ1n) is 5.89. The Morgan fingerprint density at radius 1 is 1.22 bits per heavy atom. The number of Topliss-reactive ketones (excluding diaryl/α,β-unsaturated/α-hetero) is 1. The van der Waals surface area contributed by atoms with Crippen molar-refractivity contribution < 1.29 is 14.3 Å². The van der Waals surface area contributed by atoms with Gasteiger partial charge in [0.15, 0.2) is 0 Å². The van der Waals surface area contributed by atoms with Crippen molar-refractivity contribution >= 4 is 11.7 Å². The number of methoxy groups -OCH3 is 1. The van der Waals surface area contributed by atoms with E-state index in [1.807, 2.05) is 24.3 Å². The average molecular weight is 249 g/mol. The van der Waals surface area contributed by atoms with Crippen LogP contribution in [-0.2, 0) is 16.0 Å². The van der Waals surface area contributed by atoms with E-state index in [2.05, 4.69) is 0 Å². The van der Waals surface area contributed by atoms with Crippen molar-refractivity contribution in [2.45, 2.75) is 19.8 Å². The minimum atomic E-state index is -0.129. The van der Waals surface area contributed by atoms with Crippen LogP contribution in [-0.4, -0.2) is 37.3 Å². The van der Waals surface area contributed by atoms with E-state index in [1.54, 1.807) is 19.1 Å². The van der Waals surface area contributed by atoms with Crippen molar-refractivity contribution in [1.82, 2.24) is 4.90 Å². The highest BCUT2D eigenvalue weighted by molar-refractivity contribution is 5.96. The van der Waals surface area contributed by atoms with Gasteiger partial charge in [-0.05, 0) is 31.0 Å². The number of ether oxygens (including phenoxy) is 1. The topological polar surface area (TPSA) is 46.6 Å². The lowest BCUT2D eigenvalue weighted by atomic mass is 10.1. The molecule has 0 spiro atoms. The average Bonchev–Trinajstić information content (AvgIpc) is 2.35. The third-order valence-corrected chi connectivity index (χ3v) is 2.72. The first kappa shape index (κ1) is 14.2. The monoisotopic (exact) mass is 249 g/mol. The summed E-state index contributed by atoms with van der Waals surface area (Å²) in [7, 11) is 3.35. The molecule has 1 aromatic rings. The molecule has 18 heavy (non-hydrogen) atoms. The summed E-state index contributed by atoms with van der Waals surface area (Å²) in [5.74, 6) is 0.590. The van der Waals surface area contributed by atoms with Crippen LogP contribution in [0.3, 0.4) is 0 Å². The summed E-state index contributed by atoms with van der Waals surface area (Å²) in [4.78, 5) is 24.0. The second-order valence-corrected chi connectivity index (χ2v) is 4.29. The molecule has 0 aromatic heterocycles. The van der Waals surface area contributed by atoms with Crippen LogP contribution in [0.5, 0.6) is 5.75 Å². The quantitative estimate of drug-likeness (QED) is 0.721. The van der Waals surface area contributed by atoms with Gasteiger partial charge in [-0.2, -0.15) is 0 Å². The molecule has 0 N–H and O–H groups in total. The first-order valence-corrected chi connectivity index (χ1v) is 5.89. The summed E-state index contributed by atoms with van der Waals surface area (Å²) in [5, 5.41) is 0. The lowest BCUT2D eigenvalue weighted by Gasteiger charge is -2.16. The van der Waals surface area contributed by atoms with Gasteiger partial charge in [0, 0.05) is 13.6 Å². The molecule has 98 valence electrons. The highest BCUT2D eigenvalue weighted by Gasteiger charge is 2.10. The van der Waals surface area contributed by atoms with E-state index in [0.29, 0.717) is 6.54 Å². The minimum absolute atomic E-state index is 0.0148. The first-order chi connectivity index (χ1) is 8.52. The van der Waals surface area contributed by atoms with Crippen molar-refractivity contribution in [2.75, 3.05) is 20.7 Å². The van der Waals surface area contributed by atoms with Gasteiger partial charge in [-0.3, -0.25) is 9.59 Å². The molecule has 1 amide bonds. The Morgan fingerprint density at radius 3 is 2.33 bits per heavy atom. The molecule has 0 radical (unpaired) electrons. The number of likely N-dealkylation sites (N-methyl/N-ethyl adjacent to an activating group) is 1. The number of carbonyl (C=O) groups excluding carboxylic acids is 2. The molecule has 0 aliphatic carbocycles. The van der Waals surface area contributed by atoms with Gasteiger partial charge in [0.2, 0.25) is 5.91 Å². The van der Waals surface area contributed by atoms with Crippen LogP contribution in [0.15, 0.2) is 24.3 Å². The smallest absolute Gasteiger partial charge is 0.229 e. The molecule has 1 rings (SSSR count). The summed E-state index contributed by atoms with van der Waals surface area (Å²) in [5.41, 5.74) is 1.14. The van der Waals surface area contributed by atoms with Gasteiger partial charge < -0.3 is 9.64 Å². The van der Waals surface area contributed by atoms with Crippen molar-refractivity contribution in [3.63, 3.8) is 0 Å². The zero-order chi connectivity index (χ0) is 13.5. The van der Waals surface area contributed by atoms with Gasteiger partial charge >= 0.3 is 0 Å². The van der Waals surface area contributed by atoms with Crippen molar-refractivity contribution in [2.24, 2.45) is 0 Å². The summed E-state index contributed by atoms with van der Waals surface area (Å²) in [6, 6.07) is 7.74. The number of amides is 1. The molecule has 0 atom stereocenters. The highest BCUT2D eigenvalue weighted by Crippen LogP contribution is 2.11. The van der Waals surface area contributed by atoms with Crippen LogP contribution in [0, 0.1) is 0 Å². The fourth-order valence-electron chi connectivity index (χ4n) is 1.56. The van der Waals surface area contributed by atoms with Crippen LogP contribution < -0.4 is 4.74 Å². The number of carbonyl (C=O) groups is 2. The lowest BCUT2D eigenvalue weighted by Crippen LogP contribution is -2.29. The number of hydrogen-bond acceptors (Lipinski definition) is 3. The van der Waals surface area contributed by atoms with Crippen LogP contribution in [0.4, 0.5) is 0 Å². The van der Waals surface area contributed by atoms with Gasteiger partial charge in [-0.1, -0.05) is 12.1 Å². The Kier molecular flexibility index (Phi) is 5.36. The van der Waals surface area contributed by atoms with E-state index in [9.17, 15) is 9.59 Å². The molecule has 0 heterocycles. The molecule has 0 bridgehead atoms. The fraction of sp³-hybridized carbons (Fsp3) is 0.429. The summed E-state index contributed by atoms with van der Waals surface area (Å²) in [6.07, 6.45) is 0.753. The SMILES string of the molecule is COc1ccc(CCN(C)C(=O)CC(C)=O)cc1.